The molecule has 0 aliphatic carbocycles. The third kappa shape index (κ3) is 3.24. The molecular weight excluding hydrogens is 406 g/mol. The van der Waals surface area contributed by atoms with Crippen molar-refractivity contribution in [2.24, 2.45) is 0 Å². The monoisotopic (exact) mass is 429 g/mol. The molecule has 156 valence electrons. The van der Waals surface area contributed by atoms with Crippen molar-refractivity contribution in [1.29, 1.82) is 0 Å². The summed E-state index contributed by atoms with van der Waals surface area (Å²) in [7, 11) is 3.92. The molecule has 6 heteroatoms. The number of thiophene rings is 1. The number of carbonyl (C=O) groups is 2. The predicted octanol–water partition coefficient (Wildman–Crippen LogP) is 4.55. The first-order valence-electron chi connectivity index (χ1n) is 10.4. The normalized spacial score (nSPS) is 16.2. The van der Waals surface area contributed by atoms with Crippen LogP contribution in [-0.4, -0.2) is 32.5 Å². The smallest absolute Gasteiger partial charge is 0.282 e. The Morgan fingerprint density at radius 3 is 2.39 bits per heavy atom. The fourth-order valence-electron chi connectivity index (χ4n) is 4.31. The Labute approximate surface area is 185 Å². The number of para-hydroxylation sites is 1. The number of anilines is 3. The summed E-state index contributed by atoms with van der Waals surface area (Å²) in [5.74, 6) is -0.522. The second-order valence-electron chi connectivity index (χ2n) is 7.94. The van der Waals surface area contributed by atoms with Gasteiger partial charge in [-0.15, -0.1) is 11.3 Å². The minimum atomic E-state index is -0.261. The van der Waals surface area contributed by atoms with E-state index < -0.39 is 0 Å². The number of aryl methyl sites for hydroxylation is 1. The Hall–Kier alpha value is -3.38. The van der Waals surface area contributed by atoms with Gasteiger partial charge in [-0.25, -0.2) is 4.90 Å². The van der Waals surface area contributed by atoms with Crippen molar-refractivity contribution in [3.8, 4) is 0 Å². The standard InChI is InChI=1S/C25H23N3O2S/c1-26(2)18-11-13-19(14-12-18)28-24(29)22(21-10-6-16-31-21)23(25(28)30)27-15-5-8-17-7-3-4-9-20(17)27/h3-4,6-7,9-14,16H,5,8,15H2,1-2H3. The average molecular weight is 430 g/mol. The molecule has 5 nitrogen and oxygen atoms in total. The predicted molar refractivity (Wildman–Crippen MR) is 127 cm³/mol. The van der Waals surface area contributed by atoms with Gasteiger partial charge in [0, 0.05) is 36.9 Å². The van der Waals surface area contributed by atoms with Crippen molar-refractivity contribution in [3.63, 3.8) is 0 Å². The molecule has 0 atom stereocenters. The van der Waals surface area contributed by atoms with Gasteiger partial charge in [0.25, 0.3) is 11.8 Å². The zero-order valence-corrected chi connectivity index (χ0v) is 18.4. The topological polar surface area (TPSA) is 43.9 Å². The number of benzene rings is 2. The van der Waals surface area contributed by atoms with Crippen molar-refractivity contribution in [2.75, 3.05) is 35.3 Å². The van der Waals surface area contributed by atoms with E-state index in [4.69, 9.17) is 0 Å². The maximum atomic E-state index is 13.7. The first kappa shape index (κ1) is 19.6. The van der Waals surface area contributed by atoms with Crippen LogP contribution in [0.2, 0.25) is 0 Å². The van der Waals surface area contributed by atoms with Crippen LogP contribution in [0.5, 0.6) is 0 Å². The van der Waals surface area contributed by atoms with E-state index in [9.17, 15) is 9.59 Å². The van der Waals surface area contributed by atoms with Crippen LogP contribution in [0.25, 0.3) is 5.57 Å². The lowest BCUT2D eigenvalue weighted by molar-refractivity contribution is -0.120. The van der Waals surface area contributed by atoms with E-state index in [0.717, 1.165) is 29.1 Å². The first-order valence-corrected chi connectivity index (χ1v) is 11.2. The second kappa shape index (κ2) is 7.71. The summed E-state index contributed by atoms with van der Waals surface area (Å²) in [5, 5.41) is 1.94. The fourth-order valence-corrected chi connectivity index (χ4v) is 5.07. The lowest BCUT2D eigenvalue weighted by atomic mass is 10.00. The molecular formula is C25H23N3O2S. The Bertz CT molecular complexity index is 1180. The molecule has 31 heavy (non-hydrogen) atoms. The summed E-state index contributed by atoms with van der Waals surface area (Å²) in [4.78, 5) is 33.5. The molecule has 0 spiro atoms. The maximum Gasteiger partial charge on any atom is 0.282 e. The maximum absolute atomic E-state index is 13.7. The Morgan fingerprint density at radius 1 is 0.903 bits per heavy atom. The van der Waals surface area contributed by atoms with Gasteiger partial charge < -0.3 is 9.80 Å². The second-order valence-corrected chi connectivity index (χ2v) is 8.89. The van der Waals surface area contributed by atoms with E-state index in [1.54, 1.807) is 0 Å². The highest BCUT2D eigenvalue weighted by Gasteiger charge is 2.43. The minimum Gasteiger partial charge on any atom is -0.378 e. The number of imide groups is 1. The van der Waals surface area contributed by atoms with Crippen molar-refractivity contribution >= 4 is 45.8 Å². The third-order valence-corrected chi connectivity index (χ3v) is 6.72. The lowest BCUT2D eigenvalue weighted by Gasteiger charge is -2.32. The van der Waals surface area contributed by atoms with Crippen molar-refractivity contribution in [2.45, 2.75) is 12.8 Å². The quantitative estimate of drug-likeness (QED) is 0.571. The highest BCUT2D eigenvalue weighted by Crippen LogP contribution is 2.40. The largest absolute Gasteiger partial charge is 0.378 e. The molecule has 2 amide bonds. The number of fused-ring (bicyclic) bond motifs is 1. The van der Waals surface area contributed by atoms with Crippen LogP contribution in [0, 0.1) is 0 Å². The van der Waals surface area contributed by atoms with Crippen LogP contribution in [0.15, 0.2) is 71.7 Å². The van der Waals surface area contributed by atoms with Crippen LogP contribution in [-0.2, 0) is 16.0 Å². The van der Waals surface area contributed by atoms with E-state index in [-0.39, 0.29) is 11.8 Å². The highest BCUT2D eigenvalue weighted by molar-refractivity contribution is 7.11. The number of hydrogen-bond donors (Lipinski definition) is 0. The summed E-state index contributed by atoms with van der Waals surface area (Å²) in [5.41, 5.74) is 4.81. The lowest BCUT2D eigenvalue weighted by Crippen LogP contribution is -2.37. The van der Waals surface area contributed by atoms with Gasteiger partial charge in [-0.3, -0.25) is 9.59 Å². The molecule has 1 aromatic heterocycles. The summed E-state index contributed by atoms with van der Waals surface area (Å²) in [6, 6.07) is 19.5. The van der Waals surface area contributed by atoms with E-state index in [2.05, 4.69) is 6.07 Å². The Morgan fingerprint density at radius 2 is 1.68 bits per heavy atom. The first-order chi connectivity index (χ1) is 15.1. The van der Waals surface area contributed by atoms with Gasteiger partial charge in [0.15, 0.2) is 0 Å². The summed E-state index contributed by atoms with van der Waals surface area (Å²) < 4.78 is 0. The Kier molecular flexibility index (Phi) is 4.87. The van der Waals surface area contributed by atoms with Crippen LogP contribution >= 0.6 is 11.3 Å². The number of hydrogen-bond acceptors (Lipinski definition) is 5. The van der Waals surface area contributed by atoms with E-state index in [1.807, 2.05) is 83.9 Å². The zero-order valence-electron chi connectivity index (χ0n) is 17.5. The van der Waals surface area contributed by atoms with Gasteiger partial charge in [0.05, 0.1) is 11.3 Å². The van der Waals surface area contributed by atoms with Crippen molar-refractivity contribution < 1.29 is 9.59 Å². The SMILES string of the molecule is CN(C)c1ccc(N2C(=O)C(c3cccs3)=C(N3CCCc4ccccc43)C2=O)cc1. The summed E-state index contributed by atoms with van der Waals surface area (Å²) >= 11 is 1.49. The highest BCUT2D eigenvalue weighted by atomic mass is 32.1. The van der Waals surface area contributed by atoms with E-state index in [1.165, 1.54) is 21.8 Å². The number of carbonyl (C=O) groups excluding carboxylic acids is 2. The number of nitrogens with zero attached hydrogens (tertiary/aromatic N) is 3. The molecule has 2 aromatic carbocycles. The molecule has 5 rings (SSSR count). The molecule has 2 aliphatic rings. The molecule has 0 saturated carbocycles. The van der Waals surface area contributed by atoms with Crippen LogP contribution in [0.1, 0.15) is 16.9 Å². The third-order valence-electron chi connectivity index (χ3n) is 5.83. The van der Waals surface area contributed by atoms with Crippen LogP contribution in [0.3, 0.4) is 0 Å². The molecule has 0 saturated heterocycles. The molecule has 2 aliphatic heterocycles. The molecule has 0 bridgehead atoms. The van der Waals surface area contributed by atoms with Gasteiger partial charge in [-0.2, -0.15) is 0 Å². The minimum absolute atomic E-state index is 0.261. The molecule has 0 N–H and O–H groups in total. The fraction of sp³-hybridized carbons (Fsp3) is 0.200. The van der Waals surface area contributed by atoms with Crippen LogP contribution < -0.4 is 14.7 Å². The number of amides is 2. The average Bonchev–Trinajstić information content (AvgIpc) is 3.39. The van der Waals surface area contributed by atoms with Gasteiger partial charge in [-0.1, -0.05) is 24.3 Å². The van der Waals surface area contributed by atoms with Crippen LogP contribution in [0.4, 0.5) is 17.1 Å². The van der Waals surface area contributed by atoms with Gasteiger partial charge in [0.2, 0.25) is 0 Å². The van der Waals surface area contributed by atoms with Crippen molar-refractivity contribution in [1.82, 2.24) is 0 Å². The zero-order chi connectivity index (χ0) is 21.5. The van der Waals surface area contributed by atoms with E-state index in [0.29, 0.717) is 23.5 Å². The summed E-state index contributed by atoms with van der Waals surface area (Å²) in [6.45, 7) is 0.716. The van der Waals surface area contributed by atoms with E-state index >= 15 is 0 Å². The molecule has 3 aromatic rings. The molecule has 0 radical (unpaired) electrons. The Balaban J connectivity index is 1.63. The summed E-state index contributed by atoms with van der Waals surface area (Å²) in [6.07, 6.45) is 1.92. The molecule has 3 heterocycles. The number of rotatable bonds is 4. The van der Waals surface area contributed by atoms with Crippen molar-refractivity contribution in [3.05, 3.63) is 82.2 Å². The molecule has 0 fully saturated rings. The van der Waals surface area contributed by atoms with Gasteiger partial charge in [-0.05, 0) is 60.2 Å². The van der Waals surface area contributed by atoms with Gasteiger partial charge in [0.1, 0.15) is 5.70 Å². The van der Waals surface area contributed by atoms with Gasteiger partial charge >= 0.3 is 0 Å². The molecule has 0 unspecified atom stereocenters.